The van der Waals surface area contributed by atoms with Gasteiger partial charge < -0.3 is 15.2 Å². The molecule has 0 radical (unpaired) electrons. The largest absolute Gasteiger partial charge is 0.481 e. The lowest BCUT2D eigenvalue weighted by atomic mass is 10.0. The van der Waals surface area contributed by atoms with Crippen LogP contribution in [0.5, 0.6) is 5.88 Å². The minimum atomic E-state index is 0.0812. The summed E-state index contributed by atoms with van der Waals surface area (Å²) in [4.78, 5) is 8.16. The van der Waals surface area contributed by atoms with E-state index in [-0.39, 0.29) is 6.04 Å². The summed E-state index contributed by atoms with van der Waals surface area (Å²) < 4.78 is 10.6. The molecule has 5 nitrogen and oxygen atoms in total. The normalized spacial score (nSPS) is 21.4. The van der Waals surface area contributed by atoms with Gasteiger partial charge in [0.2, 0.25) is 5.88 Å². The van der Waals surface area contributed by atoms with E-state index < -0.39 is 0 Å². The molecule has 0 aromatic carbocycles. The Hall–Kier alpha value is -1.20. The maximum Gasteiger partial charge on any atom is 0.216 e. The first kappa shape index (κ1) is 12.3. The fourth-order valence-electron chi connectivity index (χ4n) is 2.12. The molecule has 0 amide bonds. The zero-order valence-corrected chi connectivity index (χ0v) is 10.1. The summed E-state index contributed by atoms with van der Waals surface area (Å²) in [6, 6.07) is 1.91. The second-order valence-electron chi connectivity index (χ2n) is 4.39. The minimum Gasteiger partial charge on any atom is -0.481 e. The second kappa shape index (κ2) is 5.93. The van der Waals surface area contributed by atoms with Crippen molar-refractivity contribution >= 4 is 0 Å². The van der Waals surface area contributed by atoms with Crippen molar-refractivity contribution in [3.05, 3.63) is 18.1 Å². The molecule has 2 heterocycles. The molecular formula is C12H19N3O2. The highest BCUT2D eigenvalue weighted by molar-refractivity contribution is 5.14. The van der Waals surface area contributed by atoms with E-state index >= 15 is 0 Å². The number of ether oxygens (including phenoxy) is 2. The average molecular weight is 237 g/mol. The van der Waals surface area contributed by atoms with E-state index in [1.165, 1.54) is 6.33 Å². The van der Waals surface area contributed by atoms with E-state index in [1.807, 2.05) is 6.07 Å². The van der Waals surface area contributed by atoms with Crippen LogP contribution < -0.4 is 10.5 Å². The Balaban J connectivity index is 1.85. The smallest absolute Gasteiger partial charge is 0.216 e. The zero-order valence-electron chi connectivity index (χ0n) is 10.1. The molecule has 17 heavy (non-hydrogen) atoms. The van der Waals surface area contributed by atoms with Crippen molar-refractivity contribution < 1.29 is 9.47 Å². The van der Waals surface area contributed by atoms with Crippen LogP contribution >= 0.6 is 0 Å². The number of hydrogen-bond acceptors (Lipinski definition) is 5. The number of rotatable bonds is 5. The topological polar surface area (TPSA) is 70.3 Å². The molecule has 2 N–H and O–H groups in total. The highest BCUT2D eigenvalue weighted by Crippen LogP contribution is 2.18. The maximum atomic E-state index is 6.10. The van der Waals surface area contributed by atoms with Crippen molar-refractivity contribution in [1.82, 2.24) is 9.97 Å². The molecule has 1 aromatic rings. The quantitative estimate of drug-likeness (QED) is 0.824. The van der Waals surface area contributed by atoms with Gasteiger partial charge in [-0.1, -0.05) is 0 Å². The van der Waals surface area contributed by atoms with Gasteiger partial charge in [0.25, 0.3) is 0 Å². The average Bonchev–Trinajstić information content (AvgIpc) is 2.82. The summed E-state index contributed by atoms with van der Waals surface area (Å²) in [5.41, 5.74) is 7.01. The van der Waals surface area contributed by atoms with Gasteiger partial charge in [0.1, 0.15) is 6.33 Å². The lowest BCUT2D eigenvalue weighted by Gasteiger charge is -2.15. The fourth-order valence-corrected chi connectivity index (χ4v) is 2.12. The third-order valence-corrected chi connectivity index (χ3v) is 2.97. The Morgan fingerprint density at radius 3 is 3.18 bits per heavy atom. The van der Waals surface area contributed by atoms with Crippen molar-refractivity contribution in [3.63, 3.8) is 0 Å². The molecule has 5 heteroatoms. The molecule has 1 saturated heterocycles. The standard InChI is InChI=1S/C12H19N3O2/c1-16-12-7-10(14-8-15-12)5-9(13)6-11-3-2-4-17-11/h7-9,11H,2-6,13H2,1H3. The molecule has 0 spiro atoms. The van der Waals surface area contributed by atoms with Gasteiger partial charge in [-0.25, -0.2) is 9.97 Å². The van der Waals surface area contributed by atoms with Gasteiger partial charge in [0.05, 0.1) is 13.2 Å². The van der Waals surface area contributed by atoms with Gasteiger partial charge in [-0.2, -0.15) is 0 Å². The van der Waals surface area contributed by atoms with E-state index in [0.29, 0.717) is 12.0 Å². The molecule has 1 fully saturated rings. The zero-order chi connectivity index (χ0) is 12.1. The van der Waals surface area contributed by atoms with Crippen LogP contribution in [0, 0.1) is 0 Å². The Kier molecular flexibility index (Phi) is 4.28. The van der Waals surface area contributed by atoms with Gasteiger partial charge >= 0.3 is 0 Å². The van der Waals surface area contributed by atoms with Crippen LogP contribution in [-0.2, 0) is 11.2 Å². The molecule has 2 unspecified atom stereocenters. The summed E-state index contributed by atoms with van der Waals surface area (Å²) in [5, 5.41) is 0. The summed E-state index contributed by atoms with van der Waals surface area (Å²) in [6.07, 6.45) is 5.74. The Labute approximate surface area is 101 Å². The molecule has 1 aromatic heterocycles. The number of aromatic nitrogens is 2. The van der Waals surface area contributed by atoms with Crippen molar-refractivity contribution in [3.8, 4) is 5.88 Å². The first-order valence-corrected chi connectivity index (χ1v) is 6.00. The maximum absolute atomic E-state index is 6.10. The van der Waals surface area contributed by atoms with Crippen molar-refractivity contribution in [2.24, 2.45) is 5.73 Å². The van der Waals surface area contributed by atoms with Gasteiger partial charge in [-0.05, 0) is 19.3 Å². The lowest BCUT2D eigenvalue weighted by molar-refractivity contribution is 0.0982. The van der Waals surface area contributed by atoms with Crippen LogP contribution in [0.15, 0.2) is 12.4 Å². The molecular weight excluding hydrogens is 218 g/mol. The summed E-state index contributed by atoms with van der Waals surface area (Å²) in [5.74, 6) is 0.583. The van der Waals surface area contributed by atoms with E-state index in [9.17, 15) is 0 Å². The van der Waals surface area contributed by atoms with Crippen molar-refractivity contribution in [1.29, 1.82) is 0 Å². The van der Waals surface area contributed by atoms with E-state index in [1.54, 1.807) is 7.11 Å². The number of nitrogens with two attached hydrogens (primary N) is 1. The van der Waals surface area contributed by atoms with Gasteiger partial charge in [0, 0.05) is 30.8 Å². The summed E-state index contributed by atoms with van der Waals surface area (Å²) in [7, 11) is 1.60. The predicted molar refractivity (Wildman–Crippen MR) is 63.9 cm³/mol. The first-order valence-electron chi connectivity index (χ1n) is 6.00. The molecule has 94 valence electrons. The Morgan fingerprint density at radius 2 is 2.47 bits per heavy atom. The monoisotopic (exact) mass is 237 g/mol. The minimum absolute atomic E-state index is 0.0812. The Morgan fingerprint density at radius 1 is 1.59 bits per heavy atom. The molecule has 0 aliphatic carbocycles. The lowest BCUT2D eigenvalue weighted by Crippen LogP contribution is -2.28. The van der Waals surface area contributed by atoms with Crippen molar-refractivity contribution in [2.45, 2.75) is 37.8 Å². The third kappa shape index (κ3) is 3.64. The summed E-state index contributed by atoms with van der Waals surface area (Å²) >= 11 is 0. The molecule has 2 rings (SSSR count). The van der Waals surface area contributed by atoms with Gasteiger partial charge in [0.15, 0.2) is 0 Å². The highest BCUT2D eigenvalue weighted by Gasteiger charge is 2.19. The third-order valence-electron chi connectivity index (χ3n) is 2.97. The molecule has 2 atom stereocenters. The van der Waals surface area contributed by atoms with Crippen LogP contribution in [0.3, 0.4) is 0 Å². The molecule has 0 saturated carbocycles. The van der Waals surface area contributed by atoms with Crippen LogP contribution in [0.1, 0.15) is 25.0 Å². The first-order chi connectivity index (χ1) is 8.28. The highest BCUT2D eigenvalue weighted by atomic mass is 16.5. The van der Waals surface area contributed by atoms with E-state index in [2.05, 4.69) is 9.97 Å². The molecule has 1 aliphatic rings. The van der Waals surface area contributed by atoms with E-state index in [4.69, 9.17) is 15.2 Å². The SMILES string of the molecule is COc1cc(CC(N)CC2CCCO2)ncn1. The Bertz CT molecular complexity index is 353. The summed E-state index contributed by atoms with van der Waals surface area (Å²) in [6.45, 7) is 0.874. The number of hydrogen-bond donors (Lipinski definition) is 1. The van der Waals surface area contributed by atoms with Crippen LogP contribution in [0.4, 0.5) is 0 Å². The predicted octanol–water partition coefficient (Wildman–Crippen LogP) is 0.924. The number of nitrogens with zero attached hydrogens (tertiary/aromatic N) is 2. The van der Waals surface area contributed by atoms with E-state index in [0.717, 1.165) is 38.0 Å². The van der Waals surface area contributed by atoms with Gasteiger partial charge in [-0.15, -0.1) is 0 Å². The van der Waals surface area contributed by atoms with Gasteiger partial charge in [-0.3, -0.25) is 0 Å². The number of methoxy groups -OCH3 is 1. The molecule has 1 aliphatic heterocycles. The van der Waals surface area contributed by atoms with Crippen LogP contribution in [0.2, 0.25) is 0 Å². The van der Waals surface area contributed by atoms with Crippen LogP contribution in [0.25, 0.3) is 0 Å². The second-order valence-corrected chi connectivity index (χ2v) is 4.39. The fraction of sp³-hybridized carbons (Fsp3) is 0.667. The van der Waals surface area contributed by atoms with Crippen molar-refractivity contribution in [2.75, 3.05) is 13.7 Å². The molecule has 0 bridgehead atoms. The van der Waals surface area contributed by atoms with Crippen LogP contribution in [-0.4, -0.2) is 35.8 Å².